The lowest BCUT2D eigenvalue weighted by molar-refractivity contribution is -0.157. The van der Waals surface area contributed by atoms with E-state index in [4.69, 9.17) is 4.74 Å². The van der Waals surface area contributed by atoms with Crippen LogP contribution in [0.25, 0.3) is 0 Å². The van der Waals surface area contributed by atoms with Crippen LogP contribution in [0.2, 0.25) is 0 Å². The Morgan fingerprint density at radius 3 is 2.35 bits per heavy atom. The van der Waals surface area contributed by atoms with Crippen molar-refractivity contribution >= 4 is 17.8 Å². The lowest BCUT2D eigenvalue weighted by atomic mass is 9.87. The van der Waals surface area contributed by atoms with Gasteiger partial charge in [0.25, 0.3) is 0 Å². The van der Waals surface area contributed by atoms with E-state index in [-0.39, 0.29) is 19.6 Å². The number of nitrogens with one attached hydrogen (secondary N) is 1. The number of rotatable bonds is 8. The van der Waals surface area contributed by atoms with Gasteiger partial charge in [0.05, 0.1) is 13.0 Å². The van der Waals surface area contributed by atoms with E-state index in [0.717, 1.165) is 6.92 Å². The zero-order valence-electron chi connectivity index (χ0n) is 12.4. The highest BCUT2D eigenvalue weighted by atomic mass is 16.6. The van der Waals surface area contributed by atoms with E-state index in [1.165, 1.54) is 0 Å². The molecule has 20 heavy (non-hydrogen) atoms. The van der Waals surface area contributed by atoms with Crippen molar-refractivity contribution in [2.45, 2.75) is 40.2 Å². The van der Waals surface area contributed by atoms with Crippen LogP contribution >= 0.6 is 0 Å². The lowest BCUT2D eigenvalue weighted by Gasteiger charge is -2.31. The van der Waals surface area contributed by atoms with Crippen molar-refractivity contribution in [1.29, 1.82) is 0 Å². The predicted octanol–water partition coefficient (Wildman–Crippen LogP) is 0.00600. The standard InChI is InChI=1S/C13H23NO6/c1-5-19-11(13(3,4)8-15)12(18)14-7-6-10(17)20-9(2)16/h11,15H,5-8H2,1-4H3,(H,14,18). The Bertz CT molecular complexity index is 353. The highest BCUT2D eigenvalue weighted by Crippen LogP contribution is 2.22. The zero-order valence-corrected chi connectivity index (χ0v) is 12.4. The molecular formula is C13H23NO6. The van der Waals surface area contributed by atoms with Crippen LogP contribution in [0, 0.1) is 5.41 Å². The maximum Gasteiger partial charge on any atom is 0.315 e. The van der Waals surface area contributed by atoms with Crippen LogP contribution in [0.3, 0.4) is 0 Å². The number of ether oxygens (including phenoxy) is 2. The van der Waals surface area contributed by atoms with Gasteiger partial charge in [-0.3, -0.25) is 14.4 Å². The molecule has 0 saturated carbocycles. The minimum atomic E-state index is -0.818. The van der Waals surface area contributed by atoms with Crippen molar-refractivity contribution in [3.05, 3.63) is 0 Å². The number of hydrogen-bond donors (Lipinski definition) is 2. The minimum Gasteiger partial charge on any atom is -0.396 e. The molecule has 7 nitrogen and oxygen atoms in total. The summed E-state index contributed by atoms with van der Waals surface area (Å²) >= 11 is 0. The van der Waals surface area contributed by atoms with E-state index in [0.29, 0.717) is 6.61 Å². The smallest absolute Gasteiger partial charge is 0.315 e. The summed E-state index contributed by atoms with van der Waals surface area (Å²) in [4.78, 5) is 33.6. The highest BCUT2D eigenvalue weighted by Gasteiger charge is 2.35. The topological polar surface area (TPSA) is 102 Å². The van der Waals surface area contributed by atoms with Gasteiger partial charge in [-0.2, -0.15) is 0 Å². The Balaban J connectivity index is 4.34. The second kappa shape index (κ2) is 8.65. The first-order valence-corrected chi connectivity index (χ1v) is 6.46. The van der Waals surface area contributed by atoms with E-state index in [2.05, 4.69) is 10.1 Å². The van der Waals surface area contributed by atoms with Crippen molar-refractivity contribution < 1.29 is 29.0 Å². The van der Waals surface area contributed by atoms with Crippen molar-refractivity contribution in [1.82, 2.24) is 5.32 Å². The molecule has 1 atom stereocenters. The molecule has 0 rings (SSSR count). The molecule has 0 bridgehead atoms. The van der Waals surface area contributed by atoms with E-state index < -0.39 is 29.4 Å². The molecule has 0 aromatic rings. The third kappa shape index (κ3) is 6.63. The third-order valence-corrected chi connectivity index (χ3v) is 2.57. The summed E-state index contributed by atoms with van der Waals surface area (Å²) in [6, 6.07) is 0. The van der Waals surface area contributed by atoms with Gasteiger partial charge in [-0.1, -0.05) is 13.8 Å². The van der Waals surface area contributed by atoms with Crippen LogP contribution < -0.4 is 5.32 Å². The molecule has 7 heteroatoms. The average Bonchev–Trinajstić information content (AvgIpc) is 2.34. The SMILES string of the molecule is CCOC(C(=O)NCCC(=O)OC(C)=O)C(C)(C)CO. The molecular weight excluding hydrogens is 266 g/mol. The van der Waals surface area contributed by atoms with Gasteiger partial charge in [-0.25, -0.2) is 0 Å². The number of amides is 1. The summed E-state index contributed by atoms with van der Waals surface area (Å²) in [6.07, 6.45) is -0.926. The van der Waals surface area contributed by atoms with E-state index in [1.54, 1.807) is 20.8 Å². The second-order valence-electron chi connectivity index (χ2n) is 4.99. The normalized spacial score (nSPS) is 12.7. The molecule has 0 aliphatic heterocycles. The predicted molar refractivity (Wildman–Crippen MR) is 70.7 cm³/mol. The van der Waals surface area contributed by atoms with Crippen LogP contribution in [-0.2, 0) is 23.9 Å². The maximum absolute atomic E-state index is 12.0. The monoisotopic (exact) mass is 289 g/mol. The molecule has 0 fully saturated rings. The Kier molecular flexibility index (Phi) is 8.02. The summed E-state index contributed by atoms with van der Waals surface area (Å²) in [6.45, 7) is 6.44. The van der Waals surface area contributed by atoms with Crippen molar-refractivity contribution in [2.75, 3.05) is 19.8 Å². The summed E-state index contributed by atoms with van der Waals surface area (Å²) in [5.41, 5.74) is -0.736. The molecule has 0 radical (unpaired) electrons. The number of carbonyl (C=O) groups excluding carboxylic acids is 3. The molecule has 1 amide bonds. The minimum absolute atomic E-state index is 0.0377. The first-order chi connectivity index (χ1) is 9.24. The molecule has 0 aliphatic carbocycles. The fourth-order valence-electron chi connectivity index (χ4n) is 1.50. The second-order valence-corrected chi connectivity index (χ2v) is 4.99. The molecule has 0 heterocycles. The zero-order chi connectivity index (χ0) is 15.8. The molecule has 1 unspecified atom stereocenters. The van der Waals surface area contributed by atoms with Crippen LogP contribution in [0.15, 0.2) is 0 Å². The van der Waals surface area contributed by atoms with E-state index >= 15 is 0 Å². The average molecular weight is 289 g/mol. The number of aliphatic hydroxyl groups excluding tert-OH is 1. The molecule has 0 saturated heterocycles. The highest BCUT2D eigenvalue weighted by molar-refractivity contribution is 5.85. The largest absolute Gasteiger partial charge is 0.396 e. The van der Waals surface area contributed by atoms with Crippen LogP contribution in [-0.4, -0.2) is 48.8 Å². The molecule has 0 aliphatic rings. The van der Waals surface area contributed by atoms with Gasteiger partial charge in [0.15, 0.2) is 0 Å². The number of aliphatic hydroxyl groups is 1. The summed E-state index contributed by atoms with van der Waals surface area (Å²) in [5, 5.41) is 11.8. The first-order valence-electron chi connectivity index (χ1n) is 6.46. The van der Waals surface area contributed by atoms with Gasteiger partial charge >= 0.3 is 11.9 Å². The Morgan fingerprint density at radius 2 is 1.90 bits per heavy atom. The van der Waals surface area contributed by atoms with Crippen molar-refractivity contribution in [2.24, 2.45) is 5.41 Å². The first kappa shape index (κ1) is 18.5. The summed E-state index contributed by atoms with van der Waals surface area (Å²) < 4.78 is 9.67. The fraction of sp³-hybridized carbons (Fsp3) is 0.769. The van der Waals surface area contributed by atoms with Crippen molar-refractivity contribution in [3.63, 3.8) is 0 Å². The number of carbonyl (C=O) groups is 3. The summed E-state index contributed by atoms with van der Waals surface area (Å²) in [5.74, 6) is -1.80. The maximum atomic E-state index is 12.0. The molecule has 116 valence electrons. The van der Waals surface area contributed by atoms with Gasteiger partial charge in [0.1, 0.15) is 6.10 Å². The van der Waals surface area contributed by atoms with Crippen LogP contribution in [0.5, 0.6) is 0 Å². The van der Waals surface area contributed by atoms with Crippen LogP contribution in [0.1, 0.15) is 34.1 Å². The fourth-order valence-corrected chi connectivity index (χ4v) is 1.50. The molecule has 2 N–H and O–H groups in total. The van der Waals surface area contributed by atoms with Gasteiger partial charge in [0.2, 0.25) is 5.91 Å². The Labute approximate surface area is 118 Å². The Morgan fingerprint density at radius 1 is 1.30 bits per heavy atom. The number of hydrogen-bond acceptors (Lipinski definition) is 6. The Hall–Kier alpha value is -1.47. The van der Waals surface area contributed by atoms with Crippen LogP contribution in [0.4, 0.5) is 0 Å². The van der Waals surface area contributed by atoms with E-state index in [1.807, 2.05) is 0 Å². The summed E-state index contributed by atoms with van der Waals surface area (Å²) in [7, 11) is 0. The molecule has 0 aromatic heterocycles. The quantitative estimate of drug-likeness (QED) is 0.482. The van der Waals surface area contributed by atoms with Gasteiger partial charge in [-0.15, -0.1) is 0 Å². The van der Waals surface area contributed by atoms with Gasteiger partial charge < -0.3 is 19.9 Å². The molecule has 0 aromatic carbocycles. The lowest BCUT2D eigenvalue weighted by Crippen LogP contribution is -2.47. The van der Waals surface area contributed by atoms with Gasteiger partial charge in [0, 0.05) is 25.5 Å². The van der Waals surface area contributed by atoms with E-state index in [9.17, 15) is 19.5 Å². The van der Waals surface area contributed by atoms with Crippen molar-refractivity contribution in [3.8, 4) is 0 Å². The third-order valence-electron chi connectivity index (χ3n) is 2.57. The molecule has 0 spiro atoms. The van der Waals surface area contributed by atoms with Gasteiger partial charge in [-0.05, 0) is 6.92 Å². The number of esters is 2.